The van der Waals surface area contributed by atoms with E-state index >= 15 is 0 Å². The number of carbonyl (C=O) groups excluding carboxylic acids is 1. The van der Waals surface area contributed by atoms with Crippen LogP contribution < -0.4 is 14.9 Å². The summed E-state index contributed by atoms with van der Waals surface area (Å²) in [6.07, 6.45) is 1.48. The molecular formula is C23H17BrCl4N2O3. The predicted octanol–water partition coefficient (Wildman–Crippen LogP) is 7.80. The normalized spacial score (nSPS) is 11.0. The molecule has 0 fully saturated rings. The zero-order valence-corrected chi connectivity index (χ0v) is 21.8. The van der Waals surface area contributed by atoms with E-state index < -0.39 is 5.91 Å². The molecule has 0 bridgehead atoms. The molecule has 172 valence electrons. The van der Waals surface area contributed by atoms with Crippen LogP contribution >= 0.6 is 62.3 Å². The molecule has 0 heterocycles. The molecule has 0 saturated carbocycles. The summed E-state index contributed by atoms with van der Waals surface area (Å²) in [7, 11) is 0. The van der Waals surface area contributed by atoms with Crippen LogP contribution in [0.3, 0.4) is 0 Å². The van der Waals surface area contributed by atoms with Crippen molar-refractivity contribution in [2.24, 2.45) is 5.10 Å². The van der Waals surface area contributed by atoms with Crippen molar-refractivity contribution in [2.75, 3.05) is 6.61 Å². The Morgan fingerprint density at radius 2 is 1.70 bits per heavy atom. The van der Waals surface area contributed by atoms with Crippen molar-refractivity contribution in [3.8, 4) is 11.5 Å². The van der Waals surface area contributed by atoms with Crippen molar-refractivity contribution >= 4 is 74.5 Å². The van der Waals surface area contributed by atoms with Gasteiger partial charge in [0.05, 0.1) is 27.9 Å². The molecule has 33 heavy (non-hydrogen) atoms. The zero-order valence-electron chi connectivity index (χ0n) is 17.2. The summed E-state index contributed by atoms with van der Waals surface area (Å²) in [4.78, 5) is 12.3. The Kier molecular flexibility index (Phi) is 9.29. The lowest BCUT2D eigenvalue weighted by Crippen LogP contribution is -2.18. The van der Waals surface area contributed by atoms with Crippen molar-refractivity contribution in [2.45, 2.75) is 13.5 Å². The molecule has 3 rings (SSSR count). The first-order chi connectivity index (χ1) is 15.8. The van der Waals surface area contributed by atoms with Gasteiger partial charge in [0.2, 0.25) is 0 Å². The number of nitrogens with one attached hydrogen (secondary N) is 1. The van der Waals surface area contributed by atoms with Gasteiger partial charge >= 0.3 is 0 Å². The third kappa shape index (κ3) is 7.01. The fraction of sp³-hybridized carbons (Fsp3) is 0.130. The summed E-state index contributed by atoms with van der Waals surface area (Å²) in [5, 5.41) is 5.74. The van der Waals surface area contributed by atoms with Gasteiger partial charge in [0, 0.05) is 20.6 Å². The second-order valence-electron chi connectivity index (χ2n) is 6.61. The van der Waals surface area contributed by atoms with Gasteiger partial charge < -0.3 is 9.47 Å². The van der Waals surface area contributed by atoms with Crippen molar-refractivity contribution in [1.82, 2.24) is 5.43 Å². The molecule has 0 saturated heterocycles. The van der Waals surface area contributed by atoms with E-state index in [9.17, 15) is 4.79 Å². The van der Waals surface area contributed by atoms with Crippen molar-refractivity contribution in [3.63, 3.8) is 0 Å². The van der Waals surface area contributed by atoms with Gasteiger partial charge in [0.1, 0.15) is 6.61 Å². The van der Waals surface area contributed by atoms with E-state index in [2.05, 4.69) is 26.5 Å². The number of hydrazone groups is 1. The number of benzene rings is 3. The number of amides is 1. The number of ether oxygens (including phenoxy) is 2. The maximum absolute atomic E-state index is 12.3. The van der Waals surface area contributed by atoms with Crippen LogP contribution in [0, 0.1) is 0 Å². The van der Waals surface area contributed by atoms with Crippen LogP contribution in [0.1, 0.15) is 28.4 Å². The molecule has 10 heteroatoms. The number of carbonyl (C=O) groups is 1. The average Bonchev–Trinajstić information content (AvgIpc) is 2.74. The fourth-order valence-electron chi connectivity index (χ4n) is 2.75. The molecule has 3 aromatic carbocycles. The van der Waals surface area contributed by atoms with Crippen LogP contribution in [0.4, 0.5) is 0 Å². The van der Waals surface area contributed by atoms with E-state index in [-0.39, 0.29) is 17.2 Å². The Bertz CT molecular complexity index is 1200. The quantitative estimate of drug-likeness (QED) is 0.215. The van der Waals surface area contributed by atoms with Crippen LogP contribution in [-0.4, -0.2) is 18.7 Å². The van der Waals surface area contributed by atoms with Gasteiger partial charge in [-0.15, -0.1) is 0 Å². The van der Waals surface area contributed by atoms with Gasteiger partial charge in [0.15, 0.2) is 11.5 Å². The highest BCUT2D eigenvalue weighted by Gasteiger charge is 2.14. The Balaban J connectivity index is 1.74. The van der Waals surface area contributed by atoms with E-state index in [1.54, 1.807) is 36.4 Å². The Hall–Kier alpha value is -1.96. The summed E-state index contributed by atoms with van der Waals surface area (Å²) in [5.41, 5.74) is 4.16. The lowest BCUT2D eigenvalue weighted by atomic mass is 10.2. The van der Waals surface area contributed by atoms with Gasteiger partial charge in [0.25, 0.3) is 5.91 Å². The Morgan fingerprint density at radius 3 is 2.36 bits per heavy atom. The first kappa shape index (κ1) is 25.7. The van der Waals surface area contributed by atoms with Gasteiger partial charge in [-0.25, -0.2) is 5.43 Å². The molecule has 0 spiro atoms. The highest BCUT2D eigenvalue weighted by atomic mass is 79.9. The molecule has 0 aliphatic carbocycles. The molecule has 0 aliphatic heterocycles. The number of rotatable bonds is 8. The summed E-state index contributed by atoms with van der Waals surface area (Å²) < 4.78 is 12.3. The lowest BCUT2D eigenvalue weighted by molar-refractivity contribution is 0.0955. The van der Waals surface area contributed by atoms with Crippen molar-refractivity contribution in [3.05, 3.63) is 89.8 Å². The van der Waals surface area contributed by atoms with E-state index in [0.29, 0.717) is 43.2 Å². The third-order valence-corrected chi connectivity index (χ3v) is 6.00. The lowest BCUT2D eigenvalue weighted by Gasteiger charge is -2.15. The SMILES string of the molecule is CCOc1cc(/C=N/NC(=O)c2ccc(Cl)cc2Cl)cc(Br)c1OCc1ccc(Cl)cc1Cl. The topological polar surface area (TPSA) is 59.9 Å². The van der Waals surface area contributed by atoms with Gasteiger partial charge in [-0.05, 0) is 70.9 Å². The largest absolute Gasteiger partial charge is 0.490 e. The van der Waals surface area contributed by atoms with Gasteiger partial charge in [-0.2, -0.15) is 5.10 Å². The summed E-state index contributed by atoms with van der Waals surface area (Å²) >= 11 is 27.6. The smallest absolute Gasteiger partial charge is 0.272 e. The number of hydrogen-bond donors (Lipinski definition) is 1. The van der Waals surface area contributed by atoms with Crippen LogP contribution in [0.15, 0.2) is 58.1 Å². The molecular weight excluding hydrogens is 574 g/mol. The minimum Gasteiger partial charge on any atom is -0.490 e. The zero-order chi connectivity index (χ0) is 24.0. The summed E-state index contributed by atoms with van der Waals surface area (Å²) in [5.74, 6) is 0.555. The second kappa shape index (κ2) is 12.0. The third-order valence-electron chi connectivity index (χ3n) is 4.27. The summed E-state index contributed by atoms with van der Waals surface area (Å²) in [6.45, 7) is 2.52. The van der Waals surface area contributed by atoms with Crippen LogP contribution in [0.5, 0.6) is 11.5 Å². The second-order valence-corrected chi connectivity index (χ2v) is 9.15. The minimum absolute atomic E-state index is 0.222. The molecule has 1 N–H and O–H groups in total. The van der Waals surface area contributed by atoms with Crippen LogP contribution in [0.25, 0.3) is 0 Å². The predicted molar refractivity (Wildman–Crippen MR) is 138 cm³/mol. The molecule has 3 aromatic rings. The maximum atomic E-state index is 12.3. The highest BCUT2D eigenvalue weighted by molar-refractivity contribution is 9.10. The number of hydrogen-bond acceptors (Lipinski definition) is 4. The van der Waals surface area contributed by atoms with Crippen LogP contribution in [-0.2, 0) is 6.61 Å². The Morgan fingerprint density at radius 1 is 1.00 bits per heavy atom. The molecule has 0 radical (unpaired) electrons. The molecule has 1 amide bonds. The van der Waals surface area contributed by atoms with Crippen molar-refractivity contribution in [1.29, 1.82) is 0 Å². The molecule has 0 aliphatic rings. The summed E-state index contributed by atoms with van der Waals surface area (Å²) in [6, 6.07) is 13.3. The molecule has 0 aromatic heterocycles. The average molecular weight is 591 g/mol. The maximum Gasteiger partial charge on any atom is 0.272 e. The molecule has 5 nitrogen and oxygen atoms in total. The first-order valence-corrected chi connectivity index (χ1v) is 11.9. The molecule has 0 atom stereocenters. The monoisotopic (exact) mass is 588 g/mol. The fourth-order valence-corrected chi connectivity index (χ4v) is 4.28. The van der Waals surface area contributed by atoms with E-state index in [1.165, 1.54) is 18.3 Å². The molecule has 0 unspecified atom stereocenters. The van der Waals surface area contributed by atoms with E-state index in [4.69, 9.17) is 55.9 Å². The van der Waals surface area contributed by atoms with Crippen molar-refractivity contribution < 1.29 is 14.3 Å². The first-order valence-electron chi connectivity index (χ1n) is 9.60. The van der Waals surface area contributed by atoms with Crippen LogP contribution in [0.2, 0.25) is 20.1 Å². The standard InChI is InChI=1S/C23H17BrCl4N2O3/c1-2-32-21-8-13(11-29-30-23(31)17-6-5-16(26)10-20(17)28)7-18(24)22(21)33-12-14-3-4-15(25)9-19(14)27/h3-11H,2,12H2,1H3,(H,30,31)/b29-11+. The Labute approximate surface area is 219 Å². The number of nitrogens with zero attached hydrogens (tertiary/aromatic N) is 1. The highest BCUT2D eigenvalue weighted by Crippen LogP contribution is 2.37. The van der Waals surface area contributed by atoms with E-state index in [1.807, 2.05) is 6.92 Å². The van der Waals surface area contributed by atoms with Gasteiger partial charge in [-0.1, -0.05) is 52.5 Å². The van der Waals surface area contributed by atoms with Gasteiger partial charge in [-0.3, -0.25) is 4.79 Å². The number of halogens is 5. The minimum atomic E-state index is -0.461. The van der Waals surface area contributed by atoms with E-state index in [0.717, 1.165) is 5.56 Å².